The third-order valence-corrected chi connectivity index (χ3v) is 3.82. The Bertz CT molecular complexity index is 342. The zero-order chi connectivity index (χ0) is 15.1. The summed E-state index contributed by atoms with van der Waals surface area (Å²) in [5, 5.41) is 20.7. The Balaban J connectivity index is 2.59. The van der Waals surface area contributed by atoms with Gasteiger partial charge in [-0.2, -0.15) is 11.8 Å². The number of carbonyl (C=O) groups is 2. The van der Waals surface area contributed by atoms with E-state index in [1.54, 1.807) is 0 Å². The maximum atomic E-state index is 12.2. The first-order valence-corrected chi connectivity index (χ1v) is 7.90. The highest BCUT2D eigenvalue weighted by molar-refractivity contribution is 7.98. The highest BCUT2D eigenvalue weighted by Gasteiger charge is 2.31. The molecule has 1 heterocycles. The van der Waals surface area contributed by atoms with Crippen molar-refractivity contribution < 1.29 is 24.5 Å². The normalized spacial score (nSPS) is 24.2. The van der Waals surface area contributed by atoms with Crippen LogP contribution >= 0.6 is 11.8 Å². The van der Waals surface area contributed by atoms with Gasteiger partial charge < -0.3 is 25.2 Å². The number of aliphatic hydroxyl groups excluding tert-OH is 1. The minimum Gasteiger partial charge on any atom is -0.480 e. The predicted octanol–water partition coefficient (Wildman–Crippen LogP) is -0.0161. The summed E-state index contributed by atoms with van der Waals surface area (Å²) >= 11 is 1.53. The molecule has 1 aliphatic heterocycles. The van der Waals surface area contributed by atoms with Crippen LogP contribution < -0.4 is 5.32 Å². The van der Waals surface area contributed by atoms with E-state index in [2.05, 4.69) is 5.32 Å². The number of thioether (sulfide) groups is 1. The average Bonchev–Trinajstić information content (AvgIpc) is 2.43. The molecule has 3 N–H and O–H groups in total. The number of nitrogens with zero attached hydrogens (tertiary/aromatic N) is 1. The van der Waals surface area contributed by atoms with E-state index in [9.17, 15) is 9.59 Å². The summed E-state index contributed by atoms with van der Waals surface area (Å²) in [4.78, 5) is 24.8. The maximum Gasteiger partial charge on any atom is 0.326 e. The molecule has 2 amide bonds. The topological polar surface area (TPSA) is 99.1 Å². The van der Waals surface area contributed by atoms with E-state index >= 15 is 0 Å². The summed E-state index contributed by atoms with van der Waals surface area (Å²) in [5.41, 5.74) is 0. The van der Waals surface area contributed by atoms with Crippen LogP contribution in [0.3, 0.4) is 0 Å². The van der Waals surface area contributed by atoms with Gasteiger partial charge in [0.15, 0.2) is 0 Å². The van der Waals surface area contributed by atoms with Crippen molar-refractivity contribution in [2.45, 2.75) is 31.5 Å². The predicted molar refractivity (Wildman–Crippen MR) is 75.9 cm³/mol. The first-order valence-electron chi connectivity index (χ1n) is 6.51. The van der Waals surface area contributed by atoms with Crippen LogP contribution in [0.15, 0.2) is 0 Å². The van der Waals surface area contributed by atoms with Crippen LogP contribution in [0.25, 0.3) is 0 Å². The monoisotopic (exact) mass is 306 g/mol. The molecular weight excluding hydrogens is 284 g/mol. The quantitative estimate of drug-likeness (QED) is 0.638. The molecular formula is C12H22N2O5S. The number of aliphatic hydroxyl groups is 1. The van der Waals surface area contributed by atoms with Crippen molar-refractivity contribution in [3.05, 3.63) is 0 Å². The third kappa shape index (κ3) is 4.84. The summed E-state index contributed by atoms with van der Waals surface area (Å²) in [5.74, 6) is -0.373. The molecule has 1 fully saturated rings. The van der Waals surface area contributed by atoms with Crippen LogP contribution in [0.2, 0.25) is 0 Å². The van der Waals surface area contributed by atoms with Crippen molar-refractivity contribution >= 4 is 23.8 Å². The molecule has 0 aromatic carbocycles. The minimum atomic E-state index is -1.04. The Morgan fingerprint density at radius 2 is 2.25 bits per heavy atom. The minimum absolute atomic E-state index is 0.146. The smallest absolute Gasteiger partial charge is 0.326 e. The summed E-state index contributed by atoms with van der Waals surface area (Å²) < 4.78 is 5.35. The van der Waals surface area contributed by atoms with Gasteiger partial charge >= 0.3 is 12.0 Å². The number of rotatable bonds is 6. The number of morpholine rings is 1. The number of carboxylic acid groups (broad SMARTS) is 1. The van der Waals surface area contributed by atoms with Crippen molar-refractivity contribution in [3.8, 4) is 0 Å². The molecule has 0 aromatic heterocycles. The van der Waals surface area contributed by atoms with Crippen LogP contribution in [0.1, 0.15) is 13.3 Å². The summed E-state index contributed by atoms with van der Waals surface area (Å²) in [7, 11) is 0. The molecule has 0 aromatic rings. The van der Waals surface area contributed by atoms with Crippen LogP contribution in [-0.4, -0.2) is 77.1 Å². The van der Waals surface area contributed by atoms with E-state index in [-0.39, 0.29) is 19.2 Å². The lowest BCUT2D eigenvalue weighted by Gasteiger charge is -2.37. The lowest BCUT2D eigenvalue weighted by atomic mass is 10.2. The van der Waals surface area contributed by atoms with Crippen LogP contribution in [-0.2, 0) is 9.53 Å². The molecule has 2 unspecified atom stereocenters. The summed E-state index contributed by atoms with van der Waals surface area (Å²) in [6, 6.07) is -1.46. The van der Waals surface area contributed by atoms with Crippen molar-refractivity contribution in [3.63, 3.8) is 0 Å². The van der Waals surface area contributed by atoms with E-state index in [4.69, 9.17) is 14.9 Å². The number of urea groups is 1. The second-order valence-electron chi connectivity index (χ2n) is 4.76. The molecule has 20 heavy (non-hydrogen) atoms. The molecule has 0 aliphatic carbocycles. The molecule has 1 aliphatic rings. The number of hydrogen-bond donors (Lipinski definition) is 3. The Kier molecular flexibility index (Phi) is 7.11. The van der Waals surface area contributed by atoms with Gasteiger partial charge in [0, 0.05) is 0 Å². The number of amides is 2. The molecule has 3 atom stereocenters. The average molecular weight is 306 g/mol. The molecule has 0 bridgehead atoms. The molecule has 0 spiro atoms. The van der Waals surface area contributed by atoms with Gasteiger partial charge in [0.05, 0.1) is 31.9 Å². The summed E-state index contributed by atoms with van der Waals surface area (Å²) in [6.45, 7) is 2.26. The van der Waals surface area contributed by atoms with Crippen molar-refractivity contribution in [1.29, 1.82) is 0 Å². The van der Waals surface area contributed by atoms with Crippen LogP contribution in [0, 0.1) is 0 Å². The molecule has 0 saturated carbocycles. The van der Waals surface area contributed by atoms with Gasteiger partial charge in [-0.25, -0.2) is 9.59 Å². The van der Waals surface area contributed by atoms with Gasteiger partial charge in [-0.3, -0.25) is 0 Å². The van der Waals surface area contributed by atoms with Gasteiger partial charge in [0.25, 0.3) is 0 Å². The Labute approximate surface area is 122 Å². The Morgan fingerprint density at radius 1 is 1.55 bits per heavy atom. The van der Waals surface area contributed by atoms with E-state index in [1.165, 1.54) is 16.7 Å². The Hall–Kier alpha value is -0.990. The molecule has 116 valence electrons. The SMILES string of the molecule is CSCC[C@@H](NC(=O)N1CC(CO)OCC1C)C(=O)O. The van der Waals surface area contributed by atoms with Crippen molar-refractivity contribution in [2.24, 2.45) is 0 Å². The van der Waals surface area contributed by atoms with E-state index in [0.717, 1.165) is 0 Å². The fraction of sp³-hybridized carbons (Fsp3) is 0.833. The second-order valence-corrected chi connectivity index (χ2v) is 5.75. The number of carboxylic acids is 1. The van der Waals surface area contributed by atoms with Gasteiger partial charge in [0.1, 0.15) is 6.04 Å². The fourth-order valence-corrected chi connectivity index (χ4v) is 2.41. The zero-order valence-corrected chi connectivity index (χ0v) is 12.6. The number of hydrogen-bond acceptors (Lipinski definition) is 5. The van der Waals surface area contributed by atoms with E-state index in [1.807, 2.05) is 13.2 Å². The lowest BCUT2D eigenvalue weighted by Crippen LogP contribution is -2.57. The number of ether oxygens (including phenoxy) is 1. The second kappa shape index (κ2) is 8.33. The number of carbonyl (C=O) groups excluding carboxylic acids is 1. The van der Waals surface area contributed by atoms with Gasteiger partial charge in [-0.15, -0.1) is 0 Å². The number of nitrogens with one attached hydrogen (secondary N) is 1. The third-order valence-electron chi connectivity index (χ3n) is 3.18. The standard InChI is InChI=1S/C12H22N2O5S/c1-8-7-19-9(6-15)5-14(8)12(18)13-10(11(16)17)3-4-20-2/h8-10,15H,3-7H2,1-2H3,(H,13,18)(H,16,17)/t8?,9?,10-/m1/s1. The fourth-order valence-electron chi connectivity index (χ4n) is 1.94. The van der Waals surface area contributed by atoms with Crippen LogP contribution in [0.4, 0.5) is 4.79 Å². The number of aliphatic carboxylic acids is 1. The van der Waals surface area contributed by atoms with E-state index in [0.29, 0.717) is 18.8 Å². The van der Waals surface area contributed by atoms with Crippen molar-refractivity contribution in [1.82, 2.24) is 10.2 Å². The maximum absolute atomic E-state index is 12.2. The largest absolute Gasteiger partial charge is 0.480 e. The van der Waals surface area contributed by atoms with Gasteiger partial charge in [-0.1, -0.05) is 0 Å². The lowest BCUT2D eigenvalue weighted by molar-refractivity contribution is -0.139. The van der Waals surface area contributed by atoms with Crippen molar-refractivity contribution in [2.75, 3.05) is 31.8 Å². The Morgan fingerprint density at radius 3 is 2.80 bits per heavy atom. The molecule has 1 saturated heterocycles. The highest BCUT2D eigenvalue weighted by atomic mass is 32.2. The first-order chi connectivity index (χ1) is 9.49. The summed E-state index contributed by atoms with van der Waals surface area (Å²) in [6.07, 6.45) is 1.85. The first kappa shape index (κ1) is 17.1. The molecule has 0 radical (unpaired) electrons. The molecule has 8 heteroatoms. The van der Waals surface area contributed by atoms with Gasteiger partial charge in [0.2, 0.25) is 0 Å². The van der Waals surface area contributed by atoms with Gasteiger partial charge in [-0.05, 0) is 25.4 Å². The van der Waals surface area contributed by atoms with E-state index < -0.39 is 24.1 Å². The highest BCUT2D eigenvalue weighted by Crippen LogP contribution is 2.12. The molecule has 1 rings (SSSR count). The zero-order valence-electron chi connectivity index (χ0n) is 11.7. The van der Waals surface area contributed by atoms with Crippen LogP contribution in [0.5, 0.6) is 0 Å². The molecule has 7 nitrogen and oxygen atoms in total.